The molecule has 1 unspecified atom stereocenters. The van der Waals surface area contributed by atoms with Crippen LogP contribution in [0, 0.1) is 0 Å². The average Bonchev–Trinajstić information content (AvgIpc) is 3.00. The molecule has 3 amide bonds. The molecule has 10 heteroatoms. The summed E-state index contributed by atoms with van der Waals surface area (Å²) >= 11 is 0. The van der Waals surface area contributed by atoms with E-state index in [1.165, 1.54) is 23.1 Å². The summed E-state index contributed by atoms with van der Waals surface area (Å²) in [6.07, 6.45) is 0.314. The van der Waals surface area contributed by atoms with E-state index in [4.69, 9.17) is 4.74 Å². The Kier molecular flexibility index (Phi) is 7.37. The van der Waals surface area contributed by atoms with Crippen molar-refractivity contribution < 1.29 is 27.5 Å². The van der Waals surface area contributed by atoms with E-state index in [2.05, 4.69) is 5.32 Å². The van der Waals surface area contributed by atoms with E-state index in [1.54, 1.807) is 51.3 Å². The van der Waals surface area contributed by atoms with Crippen LogP contribution in [-0.2, 0) is 26.2 Å². The fourth-order valence-electron chi connectivity index (χ4n) is 3.74. The fraction of sp³-hybridized carbons (Fsp3) is 0.348. The highest BCUT2D eigenvalue weighted by molar-refractivity contribution is 7.90. The topological polar surface area (TPSA) is 113 Å². The monoisotopic (exact) mass is 473 g/mol. The number of rotatable bonds is 9. The van der Waals surface area contributed by atoms with Crippen molar-refractivity contribution in [2.75, 3.05) is 20.2 Å². The number of fused-ring (bicyclic) bond motifs is 1. The molecule has 3 rings (SSSR count). The summed E-state index contributed by atoms with van der Waals surface area (Å²) in [4.78, 5) is 40.0. The molecule has 0 bridgehead atoms. The van der Waals surface area contributed by atoms with Crippen molar-refractivity contribution in [3.63, 3.8) is 0 Å². The number of hydrogen-bond donors (Lipinski definition) is 1. The number of carbonyl (C=O) groups is 3. The maximum Gasteiger partial charge on any atom is 0.269 e. The molecule has 1 heterocycles. The summed E-state index contributed by atoms with van der Waals surface area (Å²) in [5.41, 5.74) is 0.758. The number of likely N-dealkylation sites (N-methyl/N-ethyl adjacent to an activating group) is 1. The van der Waals surface area contributed by atoms with Gasteiger partial charge in [-0.25, -0.2) is 12.7 Å². The van der Waals surface area contributed by atoms with Gasteiger partial charge in [-0.3, -0.25) is 14.4 Å². The molecule has 0 fully saturated rings. The second kappa shape index (κ2) is 10.0. The predicted molar refractivity (Wildman–Crippen MR) is 121 cm³/mol. The number of hydrogen-bond acceptors (Lipinski definition) is 6. The molecule has 2 aromatic rings. The molecular weight excluding hydrogens is 446 g/mol. The van der Waals surface area contributed by atoms with Gasteiger partial charge in [-0.2, -0.15) is 0 Å². The first kappa shape index (κ1) is 24.2. The maximum absolute atomic E-state index is 13.4. The Balaban J connectivity index is 1.91. The molecule has 0 radical (unpaired) electrons. The van der Waals surface area contributed by atoms with Gasteiger partial charge in [0, 0.05) is 13.1 Å². The Morgan fingerprint density at radius 1 is 1.09 bits per heavy atom. The molecule has 33 heavy (non-hydrogen) atoms. The number of carbonyl (C=O) groups excluding carboxylic acids is 3. The lowest BCUT2D eigenvalue weighted by Gasteiger charge is -2.31. The molecule has 0 aromatic heterocycles. The van der Waals surface area contributed by atoms with E-state index in [0.29, 0.717) is 23.0 Å². The third-order valence-electron chi connectivity index (χ3n) is 5.44. The first-order valence-electron chi connectivity index (χ1n) is 10.6. The van der Waals surface area contributed by atoms with Crippen molar-refractivity contribution >= 4 is 27.7 Å². The lowest BCUT2D eigenvalue weighted by Crippen LogP contribution is -2.52. The molecule has 2 aromatic carbocycles. The van der Waals surface area contributed by atoms with Gasteiger partial charge in [-0.15, -0.1) is 0 Å². The van der Waals surface area contributed by atoms with E-state index in [0.717, 1.165) is 5.56 Å². The minimum atomic E-state index is -4.15. The highest BCUT2D eigenvalue weighted by Gasteiger charge is 2.43. The molecule has 1 atom stereocenters. The van der Waals surface area contributed by atoms with Crippen LogP contribution < -0.4 is 10.1 Å². The molecule has 176 valence electrons. The second-order valence-electron chi connectivity index (χ2n) is 7.50. The summed E-state index contributed by atoms with van der Waals surface area (Å²) in [5.74, 6) is -1.11. The van der Waals surface area contributed by atoms with Crippen LogP contribution in [0.2, 0.25) is 0 Å². The largest absolute Gasteiger partial charge is 0.497 e. The van der Waals surface area contributed by atoms with Crippen LogP contribution in [0.5, 0.6) is 5.75 Å². The molecule has 1 N–H and O–H groups in total. The van der Waals surface area contributed by atoms with Crippen molar-refractivity contribution in [2.24, 2.45) is 0 Å². The van der Waals surface area contributed by atoms with Crippen molar-refractivity contribution in [3.05, 3.63) is 59.7 Å². The van der Waals surface area contributed by atoms with E-state index < -0.39 is 34.4 Å². The molecule has 1 aliphatic heterocycles. The smallest absolute Gasteiger partial charge is 0.269 e. The highest BCUT2D eigenvalue weighted by Crippen LogP contribution is 2.30. The Morgan fingerprint density at radius 3 is 2.33 bits per heavy atom. The summed E-state index contributed by atoms with van der Waals surface area (Å²) in [6, 6.07) is 12.0. The maximum atomic E-state index is 13.4. The van der Waals surface area contributed by atoms with Gasteiger partial charge in [0.15, 0.2) is 0 Å². The van der Waals surface area contributed by atoms with Gasteiger partial charge in [0.2, 0.25) is 11.8 Å². The molecular formula is C23H27N3O6S. The van der Waals surface area contributed by atoms with Crippen LogP contribution in [-0.4, -0.2) is 61.6 Å². The van der Waals surface area contributed by atoms with Crippen LogP contribution >= 0.6 is 0 Å². The van der Waals surface area contributed by atoms with Gasteiger partial charge in [0.1, 0.15) is 23.2 Å². The Labute approximate surface area is 193 Å². The lowest BCUT2D eigenvalue weighted by atomic mass is 10.1. The van der Waals surface area contributed by atoms with Gasteiger partial charge in [-0.05, 0) is 43.2 Å². The number of benzene rings is 2. The summed E-state index contributed by atoms with van der Waals surface area (Å²) in [7, 11) is -2.61. The number of ether oxygens (including phenoxy) is 1. The third kappa shape index (κ3) is 4.85. The molecule has 0 aliphatic carbocycles. The van der Waals surface area contributed by atoms with Crippen LogP contribution in [0.3, 0.4) is 0 Å². The zero-order chi connectivity index (χ0) is 24.2. The van der Waals surface area contributed by atoms with Crippen LogP contribution in [0.25, 0.3) is 0 Å². The van der Waals surface area contributed by atoms with Crippen LogP contribution in [0.4, 0.5) is 0 Å². The fourth-order valence-corrected chi connectivity index (χ4v) is 5.26. The molecule has 0 spiro atoms. The number of nitrogens with one attached hydrogen (secondary N) is 1. The van der Waals surface area contributed by atoms with E-state index in [9.17, 15) is 22.8 Å². The number of amides is 3. The Bertz CT molecular complexity index is 1150. The van der Waals surface area contributed by atoms with Gasteiger partial charge in [0.05, 0.1) is 12.7 Å². The number of nitrogens with zero attached hydrogens (tertiary/aromatic N) is 2. The molecule has 0 saturated heterocycles. The second-order valence-corrected chi connectivity index (χ2v) is 9.33. The summed E-state index contributed by atoms with van der Waals surface area (Å²) in [5, 5.41) is 2.72. The van der Waals surface area contributed by atoms with Gasteiger partial charge in [0.25, 0.3) is 15.9 Å². The zero-order valence-electron chi connectivity index (χ0n) is 18.8. The van der Waals surface area contributed by atoms with Gasteiger partial charge in [-0.1, -0.05) is 31.2 Å². The minimum Gasteiger partial charge on any atom is -0.497 e. The number of sulfonamides is 1. The number of methoxy groups -OCH3 is 1. The third-order valence-corrected chi connectivity index (χ3v) is 7.23. The van der Waals surface area contributed by atoms with Gasteiger partial charge >= 0.3 is 0 Å². The van der Waals surface area contributed by atoms with E-state index >= 15 is 0 Å². The van der Waals surface area contributed by atoms with Crippen LogP contribution in [0.1, 0.15) is 36.2 Å². The van der Waals surface area contributed by atoms with Crippen molar-refractivity contribution in [1.29, 1.82) is 0 Å². The van der Waals surface area contributed by atoms with E-state index in [1.807, 2.05) is 0 Å². The summed E-state index contributed by atoms with van der Waals surface area (Å²) < 4.78 is 31.5. The first-order valence-corrected chi connectivity index (χ1v) is 12.0. The van der Waals surface area contributed by atoms with Gasteiger partial charge < -0.3 is 15.0 Å². The van der Waals surface area contributed by atoms with Crippen LogP contribution in [0.15, 0.2) is 53.4 Å². The summed E-state index contributed by atoms with van der Waals surface area (Å²) in [6.45, 7) is 3.29. The lowest BCUT2D eigenvalue weighted by molar-refractivity contribution is -0.141. The van der Waals surface area contributed by atoms with Crippen molar-refractivity contribution in [3.8, 4) is 5.75 Å². The SMILES string of the molecule is CCNC(=O)C(CC)N(Cc1ccc(OC)cc1)C(=O)CN1C(=O)c2ccccc2S1(=O)=O. The normalized spacial score (nSPS) is 15.0. The molecule has 9 nitrogen and oxygen atoms in total. The Hall–Kier alpha value is -3.40. The average molecular weight is 474 g/mol. The predicted octanol–water partition coefficient (Wildman–Crippen LogP) is 1.78. The zero-order valence-corrected chi connectivity index (χ0v) is 19.6. The Morgan fingerprint density at radius 2 is 1.76 bits per heavy atom. The quantitative estimate of drug-likeness (QED) is 0.594. The minimum absolute atomic E-state index is 0.0303. The highest BCUT2D eigenvalue weighted by atomic mass is 32.2. The van der Waals surface area contributed by atoms with Crippen molar-refractivity contribution in [1.82, 2.24) is 14.5 Å². The van der Waals surface area contributed by atoms with Crippen molar-refractivity contribution in [2.45, 2.75) is 37.8 Å². The molecule has 1 aliphatic rings. The first-order chi connectivity index (χ1) is 15.7. The molecule has 0 saturated carbocycles. The standard InChI is InChI=1S/C23H27N3O6S/c1-4-19(22(28)24-5-2)25(14-16-10-12-17(32-3)13-11-16)21(27)15-26-23(29)18-8-6-7-9-20(18)33(26,30)31/h6-13,19H,4-5,14-15H2,1-3H3,(H,24,28). The van der Waals surface area contributed by atoms with E-state index in [-0.39, 0.29) is 22.9 Å².